The highest BCUT2D eigenvalue weighted by Crippen LogP contribution is 2.36. The first-order chi connectivity index (χ1) is 10.0. The summed E-state index contributed by atoms with van der Waals surface area (Å²) in [6.45, 7) is 7.60. The van der Waals surface area contributed by atoms with Gasteiger partial charge in [0.15, 0.2) is 0 Å². The van der Waals surface area contributed by atoms with Crippen molar-refractivity contribution in [3.05, 3.63) is 28.2 Å². The third-order valence-corrected chi connectivity index (χ3v) is 5.15. The van der Waals surface area contributed by atoms with E-state index in [1.165, 1.54) is 19.3 Å². The molecule has 1 fully saturated rings. The van der Waals surface area contributed by atoms with Crippen molar-refractivity contribution in [2.75, 3.05) is 7.11 Å². The monoisotopic (exact) mass is 354 g/mol. The normalized spacial score (nSPS) is 26.1. The number of rotatable bonds is 5. The summed E-state index contributed by atoms with van der Waals surface area (Å²) in [6.07, 6.45) is 4.18. The summed E-state index contributed by atoms with van der Waals surface area (Å²) in [5.41, 5.74) is 1.12. The van der Waals surface area contributed by atoms with Crippen LogP contribution in [0, 0.1) is 17.8 Å². The van der Waals surface area contributed by atoms with Crippen LogP contribution < -0.4 is 4.74 Å². The van der Waals surface area contributed by atoms with Crippen molar-refractivity contribution in [3.8, 4) is 5.75 Å². The van der Waals surface area contributed by atoms with Crippen LogP contribution in [0.2, 0.25) is 0 Å². The molecule has 0 saturated heterocycles. The first-order valence-electron chi connectivity index (χ1n) is 7.95. The maximum atomic E-state index is 6.31. The minimum absolute atomic E-state index is 0.373. The molecule has 118 valence electrons. The summed E-state index contributed by atoms with van der Waals surface area (Å²) in [4.78, 5) is 0. The van der Waals surface area contributed by atoms with Crippen molar-refractivity contribution in [1.29, 1.82) is 0 Å². The molecule has 0 amide bonds. The van der Waals surface area contributed by atoms with E-state index in [1.807, 2.05) is 12.1 Å². The van der Waals surface area contributed by atoms with Gasteiger partial charge in [0.1, 0.15) is 5.75 Å². The Morgan fingerprint density at radius 2 is 2.05 bits per heavy atom. The standard InChI is InChI=1S/C18H27BrO2/c1-12(2)16-7-5-13(3)9-18(16)21-11-14-10-15(19)6-8-17(14)20-4/h6,8,10,12-13,16,18H,5,7,9,11H2,1-4H3. The molecule has 0 bridgehead atoms. The van der Waals surface area contributed by atoms with Crippen molar-refractivity contribution >= 4 is 15.9 Å². The van der Waals surface area contributed by atoms with E-state index in [2.05, 4.69) is 42.8 Å². The molecule has 0 heterocycles. The maximum absolute atomic E-state index is 6.31. The predicted octanol–water partition coefficient (Wildman–Crippen LogP) is 5.44. The van der Waals surface area contributed by atoms with Gasteiger partial charge in [0.2, 0.25) is 0 Å². The van der Waals surface area contributed by atoms with Crippen LogP contribution >= 0.6 is 15.9 Å². The molecule has 1 aromatic carbocycles. The van der Waals surface area contributed by atoms with Gasteiger partial charge in [0.25, 0.3) is 0 Å². The summed E-state index contributed by atoms with van der Waals surface area (Å²) in [6, 6.07) is 6.09. The van der Waals surface area contributed by atoms with E-state index >= 15 is 0 Å². The van der Waals surface area contributed by atoms with Crippen LogP contribution in [0.3, 0.4) is 0 Å². The largest absolute Gasteiger partial charge is 0.496 e. The Bertz CT molecular complexity index is 459. The third-order valence-electron chi connectivity index (χ3n) is 4.66. The Morgan fingerprint density at radius 1 is 1.29 bits per heavy atom. The van der Waals surface area contributed by atoms with Gasteiger partial charge in [-0.15, -0.1) is 0 Å². The van der Waals surface area contributed by atoms with Gasteiger partial charge in [-0.1, -0.05) is 43.1 Å². The molecule has 1 aliphatic rings. The number of benzene rings is 1. The summed E-state index contributed by atoms with van der Waals surface area (Å²) in [7, 11) is 1.71. The maximum Gasteiger partial charge on any atom is 0.124 e. The van der Waals surface area contributed by atoms with E-state index in [0.29, 0.717) is 24.5 Å². The van der Waals surface area contributed by atoms with Crippen LogP contribution in [0.5, 0.6) is 5.75 Å². The molecule has 3 atom stereocenters. The molecule has 3 heteroatoms. The van der Waals surface area contributed by atoms with Crippen molar-refractivity contribution < 1.29 is 9.47 Å². The molecule has 0 N–H and O–H groups in total. The van der Waals surface area contributed by atoms with Gasteiger partial charge in [-0.05, 0) is 48.8 Å². The molecule has 0 radical (unpaired) electrons. The van der Waals surface area contributed by atoms with Crippen molar-refractivity contribution in [2.24, 2.45) is 17.8 Å². The number of methoxy groups -OCH3 is 1. The molecule has 0 aromatic heterocycles. The zero-order chi connectivity index (χ0) is 15.4. The average molecular weight is 355 g/mol. The van der Waals surface area contributed by atoms with Gasteiger partial charge in [0, 0.05) is 10.0 Å². The second kappa shape index (κ2) is 7.64. The minimum Gasteiger partial charge on any atom is -0.496 e. The Morgan fingerprint density at radius 3 is 2.71 bits per heavy atom. The lowest BCUT2D eigenvalue weighted by atomic mass is 9.75. The summed E-state index contributed by atoms with van der Waals surface area (Å²) >= 11 is 3.53. The molecule has 2 nitrogen and oxygen atoms in total. The molecule has 1 saturated carbocycles. The van der Waals surface area contributed by atoms with Crippen LogP contribution in [-0.4, -0.2) is 13.2 Å². The van der Waals surface area contributed by atoms with Gasteiger partial charge in [0.05, 0.1) is 19.8 Å². The Hall–Kier alpha value is -0.540. The zero-order valence-electron chi connectivity index (χ0n) is 13.6. The Balaban J connectivity index is 2.04. The second-order valence-electron chi connectivity index (χ2n) is 6.63. The van der Waals surface area contributed by atoms with Crippen LogP contribution in [0.25, 0.3) is 0 Å². The number of hydrogen-bond donors (Lipinski definition) is 0. The van der Waals surface area contributed by atoms with E-state index in [-0.39, 0.29) is 0 Å². The fourth-order valence-corrected chi connectivity index (χ4v) is 3.77. The highest BCUT2D eigenvalue weighted by molar-refractivity contribution is 9.10. The molecule has 1 aromatic rings. The van der Waals surface area contributed by atoms with Crippen LogP contribution in [-0.2, 0) is 11.3 Å². The molecular formula is C18H27BrO2. The average Bonchev–Trinajstić information content (AvgIpc) is 2.45. The first kappa shape index (κ1) is 16.8. The molecule has 1 aliphatic carbocycles. The Kier molecular flexibility index (Phi) is 6.12. The van der Waals surface area contributed by atoms with Gasteiger partial charge >= 0.3 is 0 Å². The van der Waals surface area contributed by atoms with Gasteiger partial charge in [-0.2, -0.15) is 0 Å². The lowest BCUT2D eigenvalue weighted by Gasteiger charge is -2.37. The van der Waals surface area contributed by atoms with E-state index in [1.54, 1.807) is 7.11 Å². The fraction of sp³-hybridized carbons (Fsp3) is 0.667. The molecule has 21 heavy (non-hydrogen) atoms. The van der Waals surface area contributed by atoms with Crippen molar-refractivity contribution in [1.82, 2.24) is 0 Å². The molecule has 0 spiro atoms. The quantitative estimate of drug-likeness (QED) is 0.701. The highest BCUT2D eigenvalue weighted by Gasteiger charge is 2.31. The van der Waals surface area contributed by atoms with E-state index in [4.69, 9.17) is 9.47 Å². The summed E-state index contributed by atoms with van der Waals surface area (Å²) < 4.78 is 12.8. The topological polar surface area (TPSA) is 18.5 Å². The van der Waals surface area contributed by atoms with Crippen LogP contribution in [0.15, 0.2) is 22.7 Å². The van der Waals surface area contributed by atoms with Gasteiger partial charge in [-0.25, -0.2) is 0 Å². The lowest BCUT2D eigenvalue weighted by Crippen LogP contribution is -2.34. The molecular weight excluding hydrogens is 328 g/mol. The number of ether oxygens (including phenoxy) is 2. The zero-order valence-corrected chi connectivity index (χ0v) is 15.2. The van der Waals surface area contributed by atoms with Crippen molar-refractivity contribution in [2.45, 2.75) is 52.7 Å². The minimum atomic E-state index is 0.373. The third kappa shape index (κ3) is 4.46. The van der Waals surface area contributed by atoms with Crippen LogP contribution in [0.1, 0.15) is 45.6 Å². The highest BCUT2D eigenvalue weighted by atomic mass is 79.9. The van der Waals surface area contributed by atoms with E-state index in [9.17, 15) is 0 Å². The van der Waals surface area contributed by atoms with E-state index < -0.39 is 0 Å². The fourth-order valence-electron chi connectivity index (χ4n) is 3.36. The lowest BCUT2D eigenvalue weighted by molar-refractivity contribution is -0.0477. The predicted molar refractivity (Wildman–Crippen MR) is 90.6 cm³/mol. The SMILES string of the molecule is COc1ccc(Br)cc1COC1CC(C)CCC1C(C)C. The number of hydrogen-bond acceptors (Lipinski definition) is 2. The van der Waals surface area contributed by atoms with Gasteiger partial charge in [-0.3, -0.25) is 0 Å². The first-order valence-corrected chi connectivity index (χ1v) is 8.74. The summed E-state index contributed by atoms with van der Waals surface area (Å²) in [5, 5.41) is 0. The molecule has 3 unspecified atom stereocenters. The second-order valence-corrected chi connectivity index (χ2v) is 7.55. The van der Waals surface area contributed by atoms with Crippen molar-refractivity contribution in [3.63, 3.8) is 0 Å². The van der Waals surface area contributed by atoms with E-state index in [0.717, 1.165) is 21.7 Å². The van der Waals surface area contributed by atoms with Crippen LogP contribution in [0.4, 0.5) is 0 Å². The summed E-state index contributed by atoms with van der Waals surface area (Å²) in [5.74, 6) is 3.05. The smallest absolute Gasteiger partial charge is 0.124 e. The Labute approximate surface area is 137 Å². The van der Waals surface area contributed by atoms with Gasteiger partial charge < -0.3 is 9.47 Å². The molecule has 2 rings (SSSR count). The number of halogens is 1. The molecule has 0 aliphatic heterocycles.